The molecule has 148 valence electrons. The van der Waals surface area contributed by atoms with E-state index < -0.39 is 9.84 Å². The minimum atomic E-state index is -2.95. The van der Waals surface area contributed by atoms with Gasteiger partial charge in [-0.3, -0.25) is 4.79 Å². The highest BCUT2D eigenvalue weighted by molar-refractivity contribution is 7.91. The van der Waals surface area contributed by atoms with Crippen molar-refractivity contribution < 1.29 is 13.2 Å². The number of rotatable bonds is 4. The summed E-state index contributed by atoms with van der Waals surface area (Å²) >= 11 is 0. The third-order valence-corrected chi connectivity index (χ3v) is 7.17. The molecule has 7 nitrogen and oxygen atoms in total. The summed E-state index contributed by atoms with van der Waals surface area (Å²) in [5.41, 5.74) is 1.92. The third-order valence-electron chi connectivity index (χ3n) is 5.46. The van der Waals surface area contributed by atoms with Crippen LogP contribution in [0.25, 0.3) is 11.3 Å². The van der Waals surface area contributed by atoms with Gasteiger partial charge in [0, 0.05) is 36.8 Å². The molecule has 1 atom stereocenters. The minimum absolute atomic E-state index is 0.0271. The van der Waals surface area contributed by atoms with Crippen LogP contribution in [-0.2, 0) is 14.6 Å². The smallest absolute Gasteiger partial charge is 0.225 e. The van der Waals surface area contributed by atoms with Crippen LogP contribution < -0.4 is 10.2 Å². The number of nitrogens with one attached hydrogen (secondary N) is 1. The number of carbonyl (C=O) groups is 1. The van der Waals surface area contributed by atoms with Crippen molar-refractivity contribution in [1.82, 2.24) is 15.3 Å². The standard InChI is InChI=1S/C20H24N4O3S/c25-19(16-8-12-28(26,27)13-9-16)22-17-7-11-24(14-17)20-21-10-6-18(23-20)15-4-2-1-3-5-15/h1-6,10,16-17H,7-9,11-14H2,(H,22,25). The molecular formula is C20H24N4O3S. The van der Waals surface area contributed by atoms with Gasteiger partial charge in [0.15, 0.2) is 0 Å². The lowest BCUT2D eigenvalue weighted by Gasteiger charge is -2.23. The molecule has 0 spiro atoms. The zero-order valence-electron chi connectivity index (χ0n) is 15.6. The van der Waals surface area contributed by atoms with Crippen LogP contribution >= 0.6 is 0 Å². The summed E-state index contributed by atoms with van der Waals surface area (Å²) in [6, 6.07) is 11.9. The lowest BCUT2D eigenvalue weighted by molar-refractivity contribution is -0.125. The molecular weight excluding hydrogens is 376 g/mol. The maximum absolute atomic E-state index is 12.5. The molecule has 1 unspecified atom stereocenters. The fourth-order valence-corrected chi connectivity index (χ4v) is 5.29. The molecule has 2 saturated heterocycles. The molecule has 1 aromatic carbocycles. The summed E-state index contributed by atoms with van der Waals surface area (Å²) in [6.45, 7) is 1.44. The molecule has 1 amide bonds. The van der Waals surface area contributed by atoms with Gasteiger partial charge in [0.1, 0.15) is 9.84 Å². The summed E-state index contributed by atoms with van der Waals surface area (Å²) in [4.78, 5) is 23.7. The van der Waals surface area contributed by atoms with E-state index in [4.69, 9.17) is 0 Å². The number of benzene rings is 1. The Morgan fingerprint density at radius 1 is 1.07 bits per heavy atom. The van der Waals surface area contributed by atoms with Crippen molar-refractivity contribution in [1.29, 1.82) is 0 Å². The van der Waals surface area contributed by atoms with Crippen molar-refractivity contribution in [2.24, 2.45) is 5.92 Å². The van der Waals surface area contributed by atoms with E-state index in [9.17, 15) is 13.2 Å². The zero-order valence-corrected chi connectivity index (χ0v) is 16.4. The largest absolute Gasteiger partial charge is 0.351 e. The molecule has 1 N–H and O–H groups in total. The van der Waals surface area contributed by atoms with Crippen LogP contribution in [0.4, 0.5) is 5.95 Å². The summed E-state index contributed by atoms with van der Waals surface area (Å²) in [7, 11) is -2.95. The van der Waals surface area contributed by atoms with E-state index in [0.717, 1.165) is 24.2 Å². The Bertz CT molecular complexity index is 935. The second-order valence-electron chi connectivity index (χ2n) is 7.47. The van der Waals surface area contributed by atoms with E-state index in [1.807, 2.05) is 36.4 Å². The van der Waals surface area contributed by atoms with Gasteiger partial charge < -0.3 is 10.2 Å². The van der Waals surface area contributed by atoms with Crippen molar-refractivity contribution in [2.75, 3.05) is 29.5 Å². The topological polar surface area (TPSA) is 92.3 Å². The highest BCUT2D eigenvalue weighted by atomic mass is 32.2. The molecule has 0 saturated carbocycles. The maximum Gasteiger partial charge on any atom is 0.225 e. The van der Waals surface area contributed by atoms with Gasteiger partial charge in [-0.05, 0) is 25.3 Å². The number of amides is 1. The van der Waals surface area contributed by atoms with E-state index in [2.05, 4.69) is 20.2 Å². The fourth-order valence-electron chi connectivity index (χ4n) is 3.80. The molecule has 8 heteroatoms. The van der Waals surface area contributed by atoms with Crippen molar-refractivity contribution >= 4 is 21.7 Å². The molecule has 4 rings (SSSR count). The number of sulfone groups is 1. The molecule has 2 aromatic rings. The summed E-state index contributed by atoms with van der Waals surface area (Å²) in [6.07, 6.45) is 3.44. The first-order valence-electron chi connectivity index (χ1n) is 9.64. The number of aromatic nitrogens is 2. The number of nitrogens with zero attached hydrogens (tertiary/aromatic N) is 3. The molecule has 3 heterocycles. The van der Waals surface area contributed by atoms with Crippen LogP contribution in [0.3, 0.4) is 0 Å². The number of hydrogen-bond acceptors (Lipinski definition) is 6. The average Bonchev–Trinajstić information content (AvgIpc) is 3.17. The van der Waals surface area contributed by atoms with Gasteiger partial charge in [0.2, 0.25) is 11.9 Å². The van der Waals surface area contributed by atoms with Gasteiger partial charge in [0.25, 0.3) is 0 Å². The lowest BCUT2D eigenvalue weighted by Crippen LogP contribution is -2.42. The molecule has 2 aliphatic rings. The Morgan fingerprint density at radius 3 is 2.57 bits per heavy atom. The minimum Gasteiger partial charge on any atom is -0.351 e. The highest BCUT2D eigenvalue weighted by Gasteiger charge is 2.31. The van der Waals surface area contributed by atoms with Gasteiger partial charge in [0.05, 0.1) is 17.2 Å². The molecule has 0 bridgehead atoms. The van der Waals surface area contributed by atoms with Crippen LogP contribution in [0.1, 0.15) is 19.3 Å². The van der Waals surface area contributed by atoms with Crippen LogP contribution in [0.2, 0.25) is 0 Å². The van der Waals surface area contributed by atoms with Crippen LogP contribution in [0.15, 0.2) is 42.6 Å². The van der Waals surface area contributed by atoms with Crippen molar-refractivity contribution in [3.63, 3.8) is 0 Å². The molecule has 1 aromatic heterocycles. The van der Waals surface area contributed by atoms with Gasteiger partial charge >= 0.3 is 0 Å². The normalized spacial score (nSPS) is 22.1. The Kier molecular flexibility index (Phi) is 5.30. The van der Waals surface area contributed by atoms with E-state index in [1.54, 1.807) is 6.20 Å². The summed E-state index contributed by atoms with van der Waals surface area (Å²) in [5, 5.41) is 3.09. The molecule has 2 aliphatic heterocycles. The Hall–Kier alpha value is -2.48. The monoisotopic (exact) mass is 400 g/mol. The van der Waals surface area contributed by atoms with Gasteiger partial charge in [-0.15, -0.1) is 0 Å². The van der Waals surface area contributed by atoms with Gasteiger partial charge in [-0.2, -0.15) is 0 Å². The maximum atomic E-state index is 12.5. The Labute approximate surface area is 165 Å². The highest BCUT2D eigenvalue weighted by Crippen LogP contribution is 2.23. The van der Waals surface area contributed by atoms with Gasteiger partial charge in [-0.1, -0.05) is 30.3 Å². The average molecular weight is 401 g/mol. The zero-order chi connectivity index (χ0) is 19.6. The third kappa shape index (κ3) is 4.32. The second-order valence-corrected chi connectivity index (χ2v) is 9.78. The first kappa shape index (κ1) is 18.9. The number of carbonyl (C=O) groups excluding carboxylic acids is 1. The first-order chi connectivity index (χ1) is 13.5. The molecule has 2 fully saturated rings. The van der Waals surface area contributed by atoms with E-state index in [1.165, 1.54) is 0 Å². The van der Waals surface area contributed by atoms with Crippen molar-refractivity contribution in [3.8, 4) is 11.3 Å². The van der Waals surface area contributed by atoms with E-state index in [0.29, 0.717) is 25.3 Å². The molecule has 0 radical (unpaired) electrons. The Balaban J connectivity index is 1.36. The molecule has 0 aliphatic carbocycles. The predicted octanol–water partition coefficient (Wildman–Crippen LogP) is 1.66. The van der Waals surface area contributed by atoms with E-state index in [-0.39, 0.29) is 29.4 Å². The van der Waals surface area contributed by atoms with Gasteiger partial charge in [-0.25, -0.2) is 18.4 Å². The van der Waals surface area contributed by atoms with Crippen LogP contribution in [-0.4, -0.2) is 54.9 Å². The van der Waals surface area contributed by atoms with Crippen molar-refractivity contribution in [2.45, 2.75) is 25.3 Å². The van der Waals surface area contributed by atoms with Crippen molar-refractivity contribution in [3.05, 3.63) is 42.6 Å². The predicted molar refractivity (Wildman–Crippen MR) is 108 cm³/mol. The second kappa shape index (κ2) is 7.87. The summed E-state index contributed by atoms with van der Waals surface area (Å²) in [5.74, 6) is 0.669. The number of anilines is 1. The van der Waals surface area contributed by atoms with Crippen LogP contribution in [0.5, 0.6) is 0 Å². The molecule has 28 heavy (non-hydrogen) atoms. The lowest BCUT2D eigenvalue weighted by atomic mass is 10.0. The summed E-state index contributed by atoms with van der Waals surface area (Å²) < 4.78 is 23.1. The quantitative estimate of drug-likeness (QED) is 0.839. The van der Waals surface area contributed by atoms with Crippen LogP contribution in [0, 0.1) is 5.92 Å². The fraction of sp³-hybridized carbons (Fsp3) is 0.450. The first-order valence-corrected chi connectivity index (χ1v) is 11.5. The Morgan fingerprint density at radius 2 is 1.82 bits per heavy atom. The van der Waals surface area contributed by atoms with E-state index >= 15 is 0 Å². The SMILES string of the molecule is O=C(NC1CCN(c2nccc(-c3ccccc3)n2)C1)C1CCS(=O)(=O)CC1. The number of hydrogen-bond donors (Lipinski definition) is 1.